The van der Waals surface area contributed by atoms with Gasteiger partial charge < -0.3 is 9.84 Å². The van der Waals surface area contributed by atoms with Crippen molar-refractivity contribution in [1.29, 1.82) is 0 Å². The Bertz CT molecular complexity index is 990. The summed E-state index contributed by atoms with van der Waals surface area (Å²) in [7, 11) is 3.91. The van der Waals surface area contributed by atoms with E-state index in [1.807, 2.05) is 19.1 Å². The van der Waals surface area contributed by atoms with Crippen LogP contribution in [0.25, 0.3) is 0 Å². The van der Waals surface area contributed by atoms with Crippen molar-refractivity contribution in [3.8, 4) is 5.88 Å². The van der Waals surface area contributed by atoms with Crippen molar-refractivity contribution in [2.45, 2.75) is 13.3 Å². The number of thioether (sulfide) groups is 1. The lowest BCUT2D eigenvalue weighted by Gasteiger charge is -2.12. The molecule has 9 heteroatoms. The van der Waals surface area contributed by atoms with Crippen LogP contribution in [0.3, 0.4) is 0 Å². The number of hydrogen-bond donors (Lipinski definition) is 1. The molecular weight excluding hydrogens is 370 g/mol. The van der Waals surface area contributed by atoms with Crippen LogP contribution in [0.15, 0.2) is 38.8 Å². The van der Waals surface area contributed by atoms with E-state index in [1.54, 1.807) is 12.1 Å². The number of rotatable bonds is 5. The first-order valence-corrected chi connectivity index (χ1v) is 9.15. The topological polar surface area (TPSA) is 103 Å². The molecule has 144 valence electrons. The van der Waals surface area contributed by atoms with Crippen molar-refractivity contribution in [1.82, 2.24) is 9.13 Å². The zero-order valence-corrected chi connectivity index (χ0v) is 16.4. The zero-order valence-electron chi connectivity index (χ0n) is 15.6. The summed E-state index contributed by atoms with van der Waals surface area (Å²) in [5.41, 5.74) is 0.171. The van der Waals surface area contributed by atoms with Crippen LogP contribution >= 0.6 is 11.8 Å². The number of nitrogens with zero attached hydrogens (tertiary/aromatic N) is 3. The number of aromatic hydroxyl groups is 1. The maximum absolute atomic E-state index is 12.6. The lowest BCUT2D eigenvalue weighted by Crippen LogP contribution is -2.39. The van der Waals surface area contributed by atoms with Gasteiger partial charge in [0.2, 0.25) is 5.88 Å². The van der Waals surface area contributed by atoms with Crippen LogP contribution in [-0.2, 0) is 30.0 Å². The molecule has 0 aliphatic carbocycles. The summed E-state index contributed by atoms with van der Waals surface area (Å²) in [6.07, 6.45) is 0.871. The normalized spacial score (nSPS) is 11.5. The van der Waals surface area contributed by atoms with Crippen LogP contribution in [0, 0.1) is 0 Å². The fourth-order valence-electron chi connectivity index (χ4n) is 2.29. The molecular formula is C18H21N3O5S. The van der Waals surface area contributed by atoms with Crippen LogP contribution in [0.2, 0.25) is 0 Å². The smallest absolute Gasteiger partial charge is 0.333 e. The van der Waals surface area contributed by atoms with Gasteiger partial charge in [-0.1, -0.05) is 30.8 Å². The maximum atomic E-state index is 12.6. The number of aliphatic imine (C=N–C) groups is 1. The third kappa shape index (κ3) is 4.48. The molecule has 0 spiro atoms. The monoisotopic (exact) mass is 391 g/mol. The van der Waals surface area contributed by atoms with Gasteiger partial charge in [0.25, 0.3) is 5.56 Å². The second-order valence-electron chi connectivity index (χ2n) is 5.71. The molecule has 1 heterocycles. The van der Waals surface area contributed by atoms with Crippen molar-refractivity contribution in [2.24, 2.45) is 19.1 Å². The number of ether oxygens (including phenoxy) is 1. The van der Waals surface area contributed by atoms with E-state index in [1.165, 1.54) is 21.2 Å². The highest BCUT2D eigenvalue weighted by atomic mass is 32.2. The van der Waals surface area contributed by atoms with Crippen molar-refractivity contribution in [3.05, 3.63) is 56.2 Å². The molecule has 27 heavy (non-hydrogen) atoms. The van der Waals surface area contributed by atoms with Gasteiger partial charge in [0, 0.05) is 14.1 Å². The summed E-state index contributed by atoms with van der Waals surface area (Å²) < 4.78 is 6.46. The second kappa shape index (κ2) is 8.72. The van der Waals surface area contributed by atoms with Gasteiger partial charge in [-0.15, -0.1) is 0 Å². The number of carbonyl (C=O) groups excluding carboxylic acids is 1. The van der Waals surface area contributed by atoms with E-state index in [0.717, 1.165) is 32.9 Å². The van der Waals surface area contributed by atoms with Gasteiger partial charge >= 0.3 is 11.7 Å². The average Bonchev–Trinajstić information content (AvgIpc) is 2.69. The van der Waals surface area contributed by atoms with Gasteiger partial charge in [0.05, 0.1) is 18.6 Å². The first-order valence-electron chi connectivity index (χ1n) is 8.16. The number of esters is 1. The van der Waals surface area contributed by atoms with Crippen molar-refractivity contribution >= 4 is 28.5 Å². The largest absolute Gasteiger partial charge is 0.494 e. The van der Waals surface area contributed by atoms with Gasteiger partial charge in [-0.25, -0.2) is 9.79 Å². The Labute approximate surface area is 160 Å². The number of carbonyl (C=O) groups is 1. The molecule has 1 aromatic carbocycles. The predicted molar refractivity (Wildman–Crippen MR) is 105 cm³/mol. The fourth-order valence-corrected chi connectivity index (χ4v) is 3.16. The third-order valence-corrected chi connectivity index (χ3v) is 4.93. The zero-order chi connectivity index (χ0) is 20.1. The molecule has 0 aliphatic heterocycles. The standard InChI is InChI=1S/C18H21N3O5S/c1-5-11-6-8-12(9-7-11)19-15(27-10-13(22)26-4)14-16(23)20(2)18(25)21(3)17(14)24/h6-9,23H,5,10H2,1-4H3. The highest BCUT2D eigenvalue weighted by Gasteiger charge is 2.21. The Hall–Kier alpha value is -2.81. The average molecular weight is 391 g/mol. The first-order chi connectivity index (χ1) is 12.8. The molecule has 1 aromatic heterocycles. The Morgan fingerprint density at radius 2 is 1.81 bits per heavy atom. The molecule has 0 unspecified atom stereocenters. The minimum atomic E-state index is -0.697. The van der Waals surface area contributed by atoms with Gasteiger partial charge in [-0.2, -0.15) is 0 Å². The lowest BCUT2D eigenvalue weighted by molar-refractivity contribution is -0.137. The van der Waals surface area contributed by atoms with E-state index in [4.69, 9.17) is 0 Å². The van der Waals surface area contributed by atoms with Crippen LogP contribution in [0.4, 0.5) is 5.69 Å². The molecule has 1 N–H and O–H groups in total. The molecule has 0 bridgehead atoms. The van der Waals surface area contributed by atoms with Gasteiger partial charge in [-0.05, 0) is 24.1 Å². The van der Waals surface area contributed by atoms with Crippen molar-refractivity contribution in [3.63, 3.8) is 0 Å². The number of hydrogen-bond acceptors (Lipinski definition) is 7. The maximum Gasteiger partial charge on any atom is 0.333 e. The van der Waals surface area contributed by atoms with E-state index in [0.29, 0.717) is 5.69 Å². The summed E-state index contributed by atoms with van der Waals surface area (Å²) in [4.78, 5) is 40.5. The van der Waals surface area contributed by atoms with Crippen molar-refractivity contribution in [2.75, 3.05) is 12.9 Å². The molecule has 0 amide bonds. The summed E-state index contributed by atoms with van der Waals surface area (Å²) in [5, 5.41) is 10.5. The number of benzene rings is 1. The summed E-state index contributed by atoms with van der Waals surface area (Å²) in [5.74, 6) is -1.12. The Kier molecular flexibility index (Phi) is 6.62. The van der Waals surface area contributed by atoms with E-state index >= 15 is 0 Å². The summed E-state index contributed by atoms with van der Waals surface area (Å²) in [6.45, 7) is 2.03. The predicted octanol–water partition coefficient (Wildman–Crippen LogP) is 1.34. The third-order valence-electron chi connectivity index (χ3n) is 3.98. The van der Waals surface area contributed by atoms with Crippen LogP contribution in [0.5, 0.6) is 5.88 Å². The van der Waals surface area contributed by atoms with E-state index in [-0.39, 0.29) is 16.4 Å². The first kappa shape index (κ1) is 20.5. The highest BCUT2D eigenvalue weighted by molar-refractivity contribution is 8.15. The Balaban J connectivity index is 2.63. The molecule has 0 atom stereocenters. The van der Waals surface area contributed by atoms with E-state index < -0.39 is 23.1 Å². The number of aryl methyl sites for hydroxylation is 1. The van der Waals surface area contributed by atoms with Crippen molar-refractivity contribution < 1.29 is 14.6 Å². The molecule has 0 radical (unpaired) electrons. The Morgan fingerprint density at radius 1 is 1.19 bits per heavy atom. The molecule has 0 saturated carbocycles. The molecule has 2 rings (SSSR count). The summed E-state index contributed by atoms with van der Waals surface area (Å²) in [6, 6.07) is 7.36. The van der Waals surface area contributed by atoms with Gasteiger partial charge in [-0.3, -0.25) is 18.7 Å². The fraction of sp³-hybridized carbons (Fsp3) is 0.333. The highest BCUT2D eigenvalue weighted by Crippen LogP contribution is 2.23. The molecule has 2 aromatic rings. The quantitative estimate of drug-likeness (QED) is 0.469. The number of methoxy groups -OCH3 is 1. The van der Waals surface area contributed by atoms with E-state index in [9.17, 15) is 19.5 Å². The van der Waals surface area contributed by atoms with Crippen LogP contribution < -0.4 is 11.2 Å². The SMILES string of the molecule is CCc1ccc(N=C(SCC(=O)OC)c2c(O)n(C)c(=O)n(C)c2=O)cc1. The van der Waals surface area contributed by atoms with Crippen LogP contribution in [-0.4, -0.2) is 38.1 Å². The minimum Gasteiger partial charge on any atom is -0.494 e. The number of aromatic nitrogens is 2. The van der Waals surface area contributed by atoms with Crippen LogP contribution in [0.1, 0.15) is 18.1 Å². The molecule has 0 aliphatic rings. The Morgan fingerprint density at radius 3 is 2.37 bits per heavy atom. The molecule has 8 nitrogen and oxygen atoms in total. The van der Waals surface area contributed by atoms with E-state index in [2.05, 4.69) is 9.73 Å². The van der Waals surface area contributed by atoms with Gasteiger partial charge in [0.1, 0.15) is 10.6 Å². The lowest BCUT2D eigenvalue weighted by atomic mass is 10.1. The summed E-state index contributed by atoms with van der Waals surface area (Å²) >= 11 is 0.950. The van der Waals surface area contributed by atoms with Gasteiger partial charge in [0.15, 0.2) is 0 Å². The second-order valence-corrected chi connectivity index (χ2v) is 6.67. The molecule has 0 fully saturated rings. The molecule has 0 saturated heterocycles. The minimum absolute atomic E-state index is 0.103.